The van der Waals surface area contributed by atoms with Gasteiger partial charge in [0.1, 0.15) is 11.6 Å². The highest BCUT2D eigenvalue weighted by molar-refractivity contribution is 5.92. The molecule has 4 aromatic rings. The number of aryl methyl sites for hydroxylation is 1. The van der Waals surface area contributed by atoms with Crippen molar-refractivity contribution in [3.05, 3.63) is 77.6 Å². The van der Waals surface area contributed by atoms with Gasteiger partial charge in [0, 0.05) is 17.0 Å². The molecule has 1 atom stereocenters. The van der Waals surface area contributed by atoms with Crippen LogP contribution in [0.15, 0.2) is 60.7 Å². The highest BCUT2D eigenvalue weighted by Gasteiger charge is 2.31. The van der Waals surface area contributed by atoms with E-state index in [0.717, 1.165) is 54.5 Å². The molecule has 0 saturated heterocycles. The summed E-state index contributed by atoms with van der Waals surface area (Å²) in [4.78, 5) is 9.61. The van der Waals surface area contributed by atoms with E-state index < -0.39 is 17.6 Å². The number of hydrogen-bond acceptors (Lipinski definition) is 4. The number of halogens is 4. The first kappa shape index (κ1) is 26.5. The smallest absolute Gasteiger partial charge is 0.367 e. The minimum Gasteiger partial charge on any atom is -0.367 e. The Morgan fingerprint density at radius 3 is 2.43 bits per heavy atom. The van der Waals surface area contributed by atoms with Gasteiger partial charge in [-0.15, -0.1) is 0 Å². The molecule has 0 aliphatic carbocycles. The van der Waals surface area contributed by atoms with Crippen LogP contribution in [0.1, 0.15) is 37.8 Å². The Hall–Kier alpha value is -3.52. The molecule has 2 N–H and O–H groups in total. The second kappa shape index (κ2) is 11.3. The number of para-hydroxylation sites is 1. The summed E-state index contributed by atoms with van der Waals surface area (Å²) in [7, 11) is 0. The van der Waals surface area contributed by atoms with E-state index in [1.54, 1.807) is 24.3 Å². The lowest BCUT2D eigenvalue weighted by atomic mass is 10.00. The Morgan fingerprint density at radius 1 is 0.919 bits per heavy atom. The average Bonchev–Trinajstić information content (AvgIpc) is 2.86. The van der Waals surface area contributed by atoms with Crippen LogP contribution >= 0.6 is 0 Å². The molecule has 0 amide bonds. The normalized spacial score (nSPS) is 12.6. The molecule has 8 heteroatoms. The number of nitrogens with zero attached hydrogens (tertiary/aromatic N) is 2. The lowest BCUT2D eigenvalue weighted by Gasteiger charge is -2.18. The predicted molar refractivity (Wildman–Crippen MR) is 141 cm³/mol. The maximum absolute atomic E-state index is 14.1. The first-order valence-electron chi connectivity index (χ1n) is 12.4. The van der Waals surface area contributed by atoms with Gasteiger partial charge < -0.3 is 10.6 Å². The Kier molecular flexibility index (Phi) is 8.07. The van der Waals surface area contributed by atoms with Gasteiger partial charge in [-0.1, -0.05) is 37.3 Å². The van der Waals surface area contributed by atoms with Crippen molar-refractivity contribution in [1.82, 2.24) is 15.3 Å². The van der Waals surface area contributed by atoms with Crippen molar-refractivity contribution in [2.24, 2.45) is 0 Å². The Labute approximate surface area is 214 Å². The summed E-state index contributed by atoms with van der Waals surface area (Å²) in [5.41, 5.74) is 1.97. The van der Waals surface area contributed by atoms with E-state index in [9.17, 15) is 17.6 Å². The summed E-state index contributed by atoms with van der Waals surface area (Å²) in [6, 6.07) is 15.5. The first-order chi connectivity index (χ1) is 17.7. The Bertz CT molecular complexity index is 1380. The van der Waals surface area contributed by atoms with Crippen molar-refractivity contribution in [3.8, 4) is 22.5 Å². The van der Waals surface area contributed by atoms with Crippen LogP contribution in [-0.4, -0.2) is 29.1 Å². The Morgan fingerprint density at radius 2 is 1.68 bits per heavy atom. The molecule has 0 saturated carbocycles. The third kappa shape index (κ3) is 6.43. The molecule has 1 heterocycles. The largest absolute Gasteiger partial charge is 0.416 e. The van der Waals surface area contributed by atoms with E-state index in [4.69, 9.17) is 9.97 Å². The fraction of sp³-hybridized carbons (Fsp3) is 0.310. The predicted octanol–water partition coefficient (Wildman–Crippen LogP) is 7.62. The van der Waals surface area contributed by atoms with E-state index in [-0.39, 0.29) is 11.6 Å². The van der Waals surface area contributed by atoms with Crippen LogP contribution in [0.4, 0.5) is 23.4 Å². The molecule has 4 rings (SSSR count). The van der Waals surface area contributed by atoms with Gasteiger partial charge >= 0.3 is 6.18 Å². The SMILES string of the molecule is CCNCCCC(C)Nc1nc(-c2cccc(-c3cc(F)cc(C(F)(F)F)c3)c2)nc2c(C)cccc12. The second-order valence-corrected chi connectivity index (χ2v) is 9.22. The van der Waals surface area contributed by atoms with Gasteiger partial charge in [0.2, 0.25) is 0 Å². The molecule has 1 unspecified atom stereocenters. The van der Waals surface area contributed by atoms with E-state index >= 15 is 0 Å². The summed E-state index contributed by atoms with van der Waals surface area (Å²) in [6.45, 7) is 8.05. The number of benzene rings is 3. The zero-order valence-corrected chi connectivity index (χ0v) is 21.1. The van der Waals surface area contributed by atoms with E-state index in [0.29, 0.717) is 28.8 Å². The molecule has 0 bridgehead atoms. The molecule has 4 nitrogen and oxygen atoms in total. The van der Waals surface area contributed by atoms with Gasteiger partial charge in [-0.3, -0.25) is 0 Å². The van der Waals surface area contributed by atoms with Crippen LogP contribution in [0.2, 0.25) is 0 Å². The topological polar surface area (TPSA) is 49.8 Å². The van der Waals surface area contributed by atoms with Gasteiger partial charge in [-0.25, -0.2) is 14.4 Å². The van der Waals surface area contributed by atoms with Crippen LogP contribution < -0.4 is 10.6 Å². The number of fused-ring (bicyclic) bond motifs is 1. The van der Waals surface area contributed by atoms with Crippen LogP contribution in [0.3, 0.4) is 0 Å². The highest BCUT2D eigenvalue weighted by Crippen LogP contribution is 2.34. The van der Waals surface area contributed by atoms with Crippen LogP contribution in [-0.2, 0) is 6.18 Å². The van der Waals surface area contributed by atoms with Crippen molar-refractivity contribution in [3.63, 3.8) is 0 Å². The molecular formula is C29H30F4N4. The lowest BCUT2D eigenvalue weighted by molar-refractivity contribution is -0.137. The summed E-state index contributed by atoms with van der Waals surface area (Å²) in [5, 5.41) is 7.75. The number of aromatic nitrogens is 2. The zero-order chi connectivity index (χ0) is 26.6. The minimum absolute atomic E-state index is 0.138. The maximum Gasteiger partial charge on any atom is 0.416 e. The highest BCUT2D eigenvalue weighted by atomic mass is 19.4. The lowest BCUT2D eigenvalue weighted by Crippen LogP contribution is -2.20. The molecule has 0 aliphatic rings. The second-order valence-electron chi connectivity index (χ2n) is 9.22. The quantitative estimate of drug-likeness (QED) is 0.180. The van der Waals surface area contributed by atoms with E-state index in [1.807, 2.05) is 25.1 Å². The van der Waals surface area contributed by atoms with Crippen molar-refractivity contribution in [1.29, 1.82) is 0 Å². The van der Waals surface area contributed by atoms with Gasteiger partial charge in [0.15, 0.2) is 5.82 Å². The van der Waals surface area contributed by atoms with Crippen LogP contribution in [0.5, 0.6) is 0 Å². The number of anilines is 1. The average molecular weight is 511 g/mol. The molecule has 1 aromatic heterocycles. The standard InChI is InChI=1S/C29H30F4N4/c1-4-34-13-7-9-19(3)35-28-25-12-5-8-18(2)26(25)36-27(37-28)21-11-6-10-20(14-21)22-15-23(29(31,32)33)17-24(30)16-22/h5-6,8,10-12,14-17,19,34H,4,7,9,13H2,1-3H3,(H,35,36,37). The minimum atomic E-state index is -4.64. The fourth-order valence-corrected chi connectivity index (χ4v) is 4.31. The summed E-state index contributed by atoms with van der Waals surface area (Å²) in [6.07, 6.45) is -2.67. The number of rotatable bonds is 9. The van der Waals surface area contributed by atoms with Gasteiger partial charge in [0.25, 0.3) is 0 Å². The molecule has 194 valence electrons. The molecule has 0 spiro atoms. The fourth-order valence-electron chi connectivity index (χ4n) is 4.31. The van der Waals surface area contributed by atoms with Gasteiger partial charge in [0.05, 0.1) is 11.1 Å². The molecule has 37 heavy (non-hydrogen) atoms. The Balaban J connectivity index is 1.73. The van der Waals surface area contributed by atoms with Crippen molar-refractivity contribution < 1.29 is 17.6 Å². The third-order valence-corrected chi connectivity index (χ3v) is 6.23. The number of alkyl halides is 3. The molecule has 0 aliphatic heterocycles. The number of nitrogens with one attached hydrogen (secondary N) is 2. The summed E-state index contributed by atoms with van der Waals surface area (Å²) >= 11 is 0. The molecule has 0 radical (unpaired) electrons. The van der Waals surface area contributed by atoms with Crippen molar-refractivity contribution in [2.75, 3.05) is 18.4 Å². The van der Waals surface area contributed by atoms with Crippen molar-refractivity contribution >= 4 is 16.7 Å². The molecule has 3 aromatic carbocycles. The van der Waals surface area contributed by atoms with Gasteiger partial charge in [-0.05, 0) is 86.8 Å². The molecular weight excluding hydrogens is 480 g/mol. The maximum atomic E-state index is 14.1. The van der Waals surface area contributed by atoms with Crippen LogP contribution in [0.25, 0.3) is 33.4 Å². The van der Waals surface area contributed by atoms with Gasteiger partial charge in [-0.2, -0.15) is 13.2 Å². The number of hydrogen-bond donors (Lipinski definition) is 2. The van der Waals surface area contributed by atoms with Crippen LogP contribution in [0, 0.1) is 12.7 Å². The summed E-state index contributed by atoms with van der Waals surface area (Å²) < 4.78 is 53.8. The van der Waals surface area contributed by atoms with Crippen molar-refractivity contribution in [2.45, 2.75) is 45.8 Å². The molecule has 0 fully saturated rings. The monoisotopic (exact) mass is 510 g/mol. The zero-order valence-electron chi connectivity index (χ0n) is 21.1. The first-order valence-corrected chi connectivity index (χ1v) is 12.4. The summed E-state index contributed by atoms with van der Waals surface area (Å²) in [5.74, 6) is 0.205. The van der Waals surface area contributed by atoms with E-state index in [2.05, 4.69) is 24.5 Å². The third-order valence-electron chi connectivity index (χ3n) is 6.23. The van der Waals surface area contributed by atoms with E-state index in [1.165, 1.54) is 0 Å².